The molecule has 1 N–H and O–H groups in total. The van der Waals surface area contributed by atoms with Crippen LogP contribution < -0.4 is 5.32 Å². The van der Waals surface area contributed by atoms with Crippen LogP contribution >= 0.6 is 11.3 Å². The Hall–Kier alpha value is -1.78. The maximum Gasteiger partial charge on any atom is 0.0794 e. The van der Waals surface area contributed by atoms with Crippen LogP contribution in [0.2, 0.25) is 0 Å². The quantitative estimate of drug-likeness (QED) is 0.774. The van der Waals surface area contributed by atoms with Gasteiger partial charge in [-0.1, -0.05) is 25.1 Å². The summed E-state index contributed by atoms with van der Waals surface area (Å²) in [5, 5.41) is 6.06. The molecule has 1 unspecified atom stereocenters. The van der Waals surface area contributed by atoms with Crippen molar-refractivity contribution in [1.82, 2.24) is 15.3 Å². The van der Waals surface area contributed by atoms with E-state index >= 15 is 0 Å². The fraction of sp³-hybridized carbons (Fsp3) is 0.250. The highest BCUT2D eigenvalue weighted by atomic mass is 32.1. The summed E-state index contributed by atoms with van der Waals surface area (Å²) in [6.45, 7) is 3.17. The van der Waals surface area contributed by atoms with Crippen molar-refractivity contribution >= 4 is 22.1 Å². The average Bonchev–Trinajstić information content (AvgIpc) is 3.02. The molecule has 0 bridgehead atoms. The summed E-state index contributed by atoms with van der Waals surface area (Å²) in [6.07, 6.45) is 6.84. The van der Waals surface area contributed by atoms with Gasteiger partial charge in [-0.2, -0.15) is 0 Å². The van der Waals surface area contributed by atoms with Gasteiger partial charge in [-0.3, -0.25) is 9.97 Å². The normalized spacial score (nSPS) is 12.7. The van der Waals surface area contributed by atoms with Gasteiger partial charge in [0.2, 0.25) is 0 Å². The van der Waals surface area contributed by atoms with E-state index in [1.165, 1.54) is 21.2 Å². The van der Waals surface area contributed by atoms with E-state index in [9.17, 15) is 0 Å². The lowest BCUT2D eigenvalue weighted by Crippen LogP contribution is -2.22. The van der Waals surface area contributed by atoms with Gasteiger partial charge >= 0.3 is 0 Å². The fourth-order valence-electron chi connectivity index (χ4n) is 2.42. The molecule has 1 atom stereocenters. The smallest absolute Gasteiger partial charge is 0.0794 e. The lowest BCUT2D eigenvalue weighted by atomic mass is 9.99. The van der Waals surface area contributed by atoms with E-state index in [-0.39, 0.29) is 6.04 Å². The molecule has 0 radical (unpaired) electrons. The minimum atomic E-state index is 0.202. The minimum absolute atomic E-state index is 0.202. The Bertz CT molecular complexity index is 674. The van der Waals surface area contributed by atoms with Crippen LogP contribution in [0.3, 0.4) is 0 Å². The predicted molar refractivity (Wildman–Crippen MR) is 84.0 cm³/mol. The monoisotopic (exact) mass is 283 g/mol. The van der Waals surface area contributed by atoms with Gasteiger partial charge in [0.15, 0.2) is 0 Å². The number of benzene rings is 1. The SMILES string of the molecule is CCCNC(c1cncs1)c1cccc2cnccc12. The van der Waals surface area contributed by atoms with Crippen molar-refractivity contribution in [2.75, 3.05) is 6.54 Å². The van der Waals surface area contributed by atoms with Gasteiger partial charge < -0.3 is 5.32 Å². The number of pyridine rings is 1. The number of aromatic nitrogens is 2. The lowest BCUT2D eigenvalue weighted by Gasteiger charge is -2.19. The molecule has 2 aromatic heterocycles. The molecule has 20 heavy (non-hydrogen) atoms. The molecule has 3 rings (SSSR count). The van der Waals surface area contributed by atoms with Crippen molar-refractivity contribution < 1.29 is 0 Å². The fourth-order valence-corrected chi connectivity index (χ4v) is 3.13. The summed E-state index contributed by atoms with van der Waals surface area (Å²) in [4.78, 5) is 9.68. The molecule has 0 spiro atoms. The van der Waals surface area contributed by atoms with Gasteiger partial charge in [0, 0.05) is 28.9 Å². The second-order valence-corrected chi connectivity index (χ2v) is 5.65. The van der Waals surface area contributed by atoms with Crippen LogP contribution in [0.1, 0.15) is 29.8 Å². The van der Waals surface area contributed by atoms with E-state index in [0.29, 0.717) is 0 Å². The van der Waals surface area contributed by atoms with Gasteiger partial charge in [-0.05, 0) is 30.0 Å². The van der Waals surface area contributed by atoms with Gasteiger partial charge in [0.1, 0.15) is 0 Å². The molecule has 102 valence electrons. The number of nitrogens with one attached hydrogen (secondary N) is 1. The summed E-state index contributed by atoms with van der Waals surface area (Å²) in [5.41, 5.74) is 3.19. The molecule has 4 heteroatoms. The van der Waals surface area contributed by atoms with Gasteiger partial charge in [0.05, 0.1) is 11.6 Å². The largest absolute Gasteiger partial charge is 0.306 e. The number of hydrogen-bond donors (Lipinski definition) is 1. The molecule has 0 aliphatic rings. The third-order valence-corrected chi connectivity index (χ3v) is 4.20. The maximum absolute atomic E-state index is 4.22. The van der Waals surface area contributed by atoms with Crippen molar-refractivity contribution in [3.8, 4) is 0 Å². The van der Waals surface area contributed by atoms with E-state index in [0.717, 1.165) is 13.0 Å². The van der Waals surface area contributed by atoms with Crippen LogP contribution in [0.4, 0.5) is 0 Å². The van der Waals surface area contributed by atoms with E-state index in [4.69, 9.17) is 0 Å². The number of rotatable bonds is 5. The molecule has 1 aromatic carbocycles. The maximum atomic E-state index is 4.22. The summed E-state index contributed by atoms with van der Waals surface area (Å²) in [7, 11) is 0. The van der Waals surface area contributed by atoms with Crippen LogP contribution in [0, 0.1) is 0 Å². The summed E-state index contributed by atoms with van der Waals surface area (Å²) >= 11 is 1.70. The Morgan fingerprint density at radius 2 is 2.15 bits per heavy atom. The predicted octanol–water partition coefficient (Wildman–Crippen LogP) is 3.78. The third kappa shape index (κ3) is 2.57. The van der Waals surface area contributed by atoms with Crippen LogP contribution in [0.5, 0.6) is 0 Å². The zero-order valence-electron chi connectivity index (χ0n) is 11.4. The zero-order valence-corrected chi connectivity index (χ0v) is 12.2. The van der Waals surface area contributed by atoms with Crippen molar-refractivity contribution in [2.45, 2.75) is 19.4 Å². The minimum Gasteiger partial charge on any atom is -0.306 e. The van der Waals surface area contributed by atoms with Crippen molar-refractivity contribution in [3.63, 3.8) is 0 Å². The molecule has 0 saturated carbocycles. The summed E-state index contributed by atoms with van der Waals surface area (Å²) < 4.78 is 0. The zero-order chi connectivity index (χ0) is 13.8. The molecule has 0 saturated heterocycles. The Kier molecular flexibility index (Phi) is 4.04. The molecular weight excluding hydrogens is 266 g/mol. The van der Waals surface area contributed by atoms with E-state index in [1.807, 2.05) is 24.1 Å². The second-order valence-electron chi connectivity index (χ2n) is 4.73. The first kappa shape index (κ1) is 13.2. The highest BCUT2D eigenvalue weighted by Gasteiger charge is 2.17. The molecule has 3 aromatic rings. The molecule has 0 aliphatic heterocycles. The molecule has 0 aliphatic carbocycles. The standard InChI is InChI=1S/C16H17N3S/c1-2-7-19-16(15-10-18-11-20-15)14-5-3-4-12-9-17-8-6-13(12)14/h3-6,8-11,16,19H,2,7H2,1H3. The number of thiazole rings is 1. The van der Waals surface area contributed by atoms with Crippen LogP contribution in [0.25, 0.3) is 10.8 Å². The first-order valence-electron chi connectivity index (χ1n) is 6.84. The van der Waals surface area contributed by atoms with Crippen LogP contribution in [0.15, 0.2) is 48.4 Å². The van der Waals surface area contributed by atoms with Crippen LogP contribution in [-0.2, 0) is 0 Å². The van der Waals surface area contributed by atoms with E-state index < -0.39 is 0 Å². The lowest BCUT2D eigenvalue weighted by molar-refractivity contribution is 0.608. The number of nitrogens with zero attached hydrogens (tertiary/aromatic N) is 2. The van der Waals surface area contributed by atoms with Crippen molar-refractivity contribution in [1.29, 1.82) is 0 Å². The van der Waals surface area contributed by atoms with Crippen molar-refractivity contribution in [2.24, 2.45) is 0 Å². The Morgan fingerprint density at radius 3 is 2.95 bits per heavy atom. The topological polar surface area (TPSA) is 37.8 Å². The van der Waals surface area contributed by atoms with Gasteiger partial charge in [-0.25, -0.2) is 0 Å². The highest BCUT2D eigenvalue weighted by molar-refractivity contribution is 7.09. The number of hydrogen-bond acceptors (Lipinski definition) is 4. The van der Waals surface area contributed by atoms with Crippen molar-refractivity contribution in [3.05, 3.63) is 58.8 Å². The Balaban J connectivity index is 2.09. The first-order chi connectivity index (χ1) is 9.90. The van der Waals surface area contributed by atoms with E-state index in [2.05, 4.69) is 46.5 Å². The second kappa shape index (κ2) is 6.11. The molecule has 0 fully saturated rings. The molecular formula is C16H17N3S. The van der Waals surface area contributed by atoms with Gasteiger partial charge in [-0.15, -0.1) is 11.3 Å². The molecule has 2 heterocycles. The summed E-state index contributed by atoms with van der Waals surface area (Å²) in [6, 6.07) is 8.69. The van der Waals surface area contributed by atoms with E-state index in [1.54, 1.807) is 11.3 Å². The average molecular weight is 283 g/mol. The Morgan fingerprint density at radius 1 is 1.20 bits per heavy atom. The third-order valence-electron chi connectivity index (χ3n) is 3.36. The highest BCUT2D eigenvalue weighted by Crippen LogP contribution is 2.30. The molecule has 0 amide bonds. The first-order valence-corrected chi connectivity index (χ1v) is 7.72. The van der Waals surface area contributed by atoms with Crippen LogP contribution in [-0.4, -0.2) is 16.5 Å². The van der Waals surface area contributed by atoms with Gasteiger partial charge in [0.25, 0.3) is 0 Å². The summed E-state index contributed by atoms with van der Waals surface area (Å²) in [5.74, 6) is 0. The molecule has 3 nitrogen and oxygen atoms in total. The number of fused-ring (bicyclic) bond motifs is 1. The Labute approximate surface area is 122 Å².